The third-order valence-corrected chi connectivity index (χ3v) is 3.72. The number of nitrogens with one attached hydrogen (secondary N) is 2. The van der Waals surface area contributed by atoms with Gasteiger partial charge in [-0.2, -0.15) is 0 Å². The van der Waals surface area contributed by atoms with Gasteiger partial charge in [0.05, 0.1) is 12.6 Å². The molecule has 1 aliphatic rings. The minimum absolute atomic E-state index is 0.0187. The number of amides is 1. The van der Waals surface area contributed by atoms with Gasteiger partial charge in [-0.1, -0.05) is 6.92 Å². The topological polar surface area (TPSA) is 70.6 Å². The highest BCUT2D eigenvalue weighted by Crippen LogP contribution is 2.30. The van der Waals surface area contributed by atoms with E-state index in [0.29, 0.717) is 11.4 Å². The zero-order valence-corrected chi connectivity index (χ0v) is 11.3. The molecule has 1 aromatic carbocycles. The molecule has 5 heteroatoms. The maximum absolute atomic E-state index is 12.3. The Hall–Kier alpha value is -1.75. The minimum atomic E-state index is -0.477. The molecule has 19 heavy (non-hydrogen) atoms. The maximum atomic E-state index is 12.3. The van der Waals surface area contributed by atoms with Gasteiger partial charge in [0.15, 0.2) is 11.5 Å². The summed E-state index contributed by atoms with van der Waals surface area (Å²) in [6.07, 6.45) is 2.60. The lowest BCUT2D eigenvalue weighted by molar-refractivity contribution is -0.122. The van der Waals surface area contributed by atoms with E-state index < -0.39 is 5.54 Å². The standard InChI is InChI=1S/C14H20N2O3/c1-3-14(7-4-8-15-14)13(18)16-10-5-6-12(19-2)11(17)9-10/h5-6,9,15,17H,3-4,7-8H2,1-2H3,(H,16,18). The van der Waals surface area contributed by atoms with Gasteiger partial charge in [0.1, 0.15) is 0 Å². The van der Waals surface area contributed by atoms with E-state index in [1.165, 1.54) is 13.2 Å². The first-order valence-electron chi connectivity index (χ1n) is 6.55. The van der Waals surface area contributed by atoms with Gasteiger partial charge in [-0.25, -0.2) is 0 Å². The molecule has 1 atom stereocenters. The molecule has 0 radical (unpaired) electrons. The number of carbonyl (C=O) groups excluding carboxylic acids is 1. The van der Waals surface area contributed by atoms with Crippen LogP contribution in [0, 0.1) is 0 Å². The number of anilines is 1. The zero-order valence-electron chi connectivity index (χ0n) is 11.3. The van der Waals surface area contributed by atoms with Crippen LogP contribution in [0.1, 0.15) is 26.2 Å². The molecule has 0 aliphatic carbocycles. The van der Waals surface area contributed by atoms with Crippen molar-refractivity contribution >= 4 is 11.6 Å². The zero-order chi connectivity index (χ0) is 13.9. The molecule has 1 unspecified atom stereocenters. The lowest BCUT2D eigenvalue weighted by Gasteiger charge is -2.26. The summed E-state index contributed by atoms with van der Waals surface area (Å²) in [4.78, 5) is 12.3. The van der Waals surface area contributed by atoms with Crippen LogP contribution in [0.15, 0.2) is 18.2 Å². The fourth-order valence-electron chi connectivity index (χ4n) is 2.48. The Morgan fingerprint density at radius 3 is 2.89 bits per heavy atom. The summed E-state index contributed by atoms with van der Waals surface area (Å²) in [5, 5.41) is 15.8. The first kappa shape index (κ1) is 13.7. The van der Waals surface area contributed by atoms with Crippen LogP contribution in [-0.4, -0.2) is 30.2 Å². The summed E-state index contributed by atoms with van der Waals surface area (Å²) < 4.78 is 4.97. The predicted octanol–water partition coefficient (Wildman–Crippen LogP) is 1.87. The summed E-state index contributed by atoms with van der Waals surface area (Å²) >= 11 is 0. The molecule has 2 rings (SSSR count). The summed E-state index contributed by atoms with van der Waals surface area (Å²) in [7, 11) is 1.49. The minimum Gasteiger partial charge on any atom is -0.504 e. The van der Waals surface area contributed by atoms with E-state index in [1.54, 1.807) is 12.1 Å². The van der Waals surface area contributed by atoms with Crippen LogP contribution in [0.4, 0.5) is 5.69 Å². The van der Waals surface area contributed by atoms with Gasteiger partial charge in [0.25, 0.3) is 0 Å². The van der Waals surface area contributed by atoms with Crippen molar-refractivity contribution in [2.45, 2.75) is 31.7 Å². The number of phenolic OH excluding ortho intramolecular Hbond substituents is 1. The summed E-state index contributed by atoms with van der Waals surface area (Å²) in [6.45, 7) is 2.87. The monoisotopic (exact) mass is 264 g/mol. The highest BCUT2D eigenvalue weighted by molar-refractivity contribution is 5.98. The average molecular weight is 264 g/mol. The molecular formula is C14H20N2O3. The number of aromatic hydroxyl groups is 1. The molecule has 1 amide bonds. The second-order valence-electron chi connectivity index (χ2n) is 4.81. The molecule has 0 bridgehead atoms. The van der Waals surface area contributed by atoms with Gasteiger partial charge in [0, 0.05) is 11.8 Å². The maximum Gasteiger partial charge on any atom is 0.244 e. The molecule has 1 aliphatic heterocycles. The summed E-state index contributed by atoms with van der Waals surface area (Å²) in [5.74, 6) is 0.365. The first-order chi connectivity index (χ1) is 9.11. The van der Waals surface area contributed by atoms with Crippen molar-refractivity contribution in [2.24, 2.45) is 0 Å². The average Bonchev–Trinajstić information content (AvgIpc) is 2.89. The third kappa shape index (κ3) is 2.66. The lowest BCUT2D eigenvalue weighted by Crippen LogP contribution is -2.50. The van der Waals surface area contributed by atoms with E-state index in [0.717, 1.165) is 25.8 Å². The van der Waals surface area contributed by atoms with Gasteiger partial charge in [0.2, 0.25) is 5.91 Å². The van der Waals surface area contributed by atoms with Crippen LogP contribution in [0.5, 0.6) is 11.5 Å². The lowest BCUT2D eigenvalue weighted by atomic mass is 9.93. The Balaban J connectivity index is 2.12. The molecule has 3 N–H and O–H groups in total. The fraction of sp³-hybridized carbons (Fsp3) is 0.500. The van der Waals surface area contributed by atoms with Gasteiger partial charge >= 0.3 is 0 Å². The number of hydrogen-bond acceptors (Lipinski definition) is 4. The fourth-order valence-corrected chi connectivity index (χ4v) is 2.48. The summed E-state index contributed by atoms with van der Waals surface area (Å²) in [5.41, 5.74) is 0.0973. The van der Waals surface area contributed by atoms with Crippen molar-refractivity contribution in [3.8, 4) is 11.5 Å². The molecule has 1 fully saturated rings. The number of carbonyl (C=O) groups is 1. The van der Waals surface area contributed by atoms with Gasteiger partial charge in [-0.05, 0) is 37.9 Å². The number of benzene rings is 1. The van der Waals surface area contributed by atoms with E-state index >= 15 is 0 Å². The van der Waals surface area contributed by atoms with Crippen LogP contribution >= 0.6 is 0 Å². The van der Waals surface area contributed by atoms with Crippen molar-refractivity contribution < 1.29 is 14.6 Å². The van der Waals surface area contributed by atoms with E-state index in [4.69, 9.17) is 4.74 Å². The van der Waals surface area contributed by atoms with Gasteiger partial charge < -0.3 is 20.5 Å². The number of hydrogen-bond donors (Lipinski definition) is 3. The highest BCUT2D eigenvalue weighted by Gasteiger charge is 2.39. The van der Waals surface area contributed by atoms with Crippen molar-refractivity contribution in [1.82, 2.24) is 5.32 Å². The molecule has 5 nitrogen and oxygen atoms in total. The summed E-state index contributed by atoms with van der Waals surface area (Å²) in [6, 6.07) is 4.84. The Labute approximate surface area is 113 Å². The number of rotatable bonds is 4. The highest BCUT2D eigenvalue weighted by atomic mass is 16.5. The Morgan fingerprint density at radius 1 is 1.58 bits per heavy atom. The van der Waals surface area contributed by atoms with E-state index in [-0.39, 0.29) is 11.7 Å². The molecule has 1 aromatic rings. The molecule has 1 saturated heterocycles. The quantitative estimate of drug-likeness (QED) is 0.776. The molecule has 0 saturated carbocycles. The van der Waals surface area contributed by atoms with Crippen molar-refractivity contribution in [3.63, 3.8) is 0 Å². The Bertz CT molecular complexity index is 468. The second kappa shape index (κ2) is 5.48. The molecular weight excluding hydrogens is 244 g/mol. The second-order valence-corrected chi connectivity index (χ2v) is 4.81. The molecule has 1 heterocycles. The van der Waals surface area contributed by atoms with Crippen LogP contribution in [0.3, 0.4) is 0 Å². The number of ether oxygens (including phenoxy) is 1. The smallest absolute Gasteiger partial charge is 0.244 e. The molecule has 104 valence electrons. The SMILES string of the molecule is CCC1(C(=O)Nc2ccc(OC)c(O)c2)CCCN1. The van der Waals surface area contributed by atoms with Crippen molar-refractivity contribution in [1.29, 1.82) is 0 Å². The van der Waals surface area contributed by atoms with Crippen LogP contribution in [0.25, 0.3) is 0 Å². The Morgan fingerprint density at radius 2 is 2.37 bits per heavy atom. The van der Waals surface area contributed by atoms with Crippen LogP contribution in [0.2, 0.25) is 0 Å². The Kier molecular flexibility index (Phi) is 3.95. The van der Waals surface area contributed by atoms with Crippen LogP contribution in [-0.2, 0) is 4.79 Å². The van der Waals surface area contributed by atoms with Crippen molar-refractivity contribution in [3.05, 3.63) is 18.2 Å². The van der Waals surface area contributed by atoms with E-state index in [9.17, 15) is 9.90 Å². The van der Waals surface area contributed by atoms with E-state index in [1.807, 2.05) is 6.92 Å². The molecule has 0 spiro atoms. The normalized spacial score (nSPS) is 22.2. The largest absolute Gasteiger partial charge is 0.504 e. The predicted molar refractivity (Wildman–Crippen MR) is 73.5 cm³/mol. The number of phenols is 1. The van der Waals surface area contributed by atoms with Gasteiger partial charge in [-0.15, -0.1) is 0 Å². The van der Waals surface area contributed by atoms with Crippen LogP contribution < -0.4 is 15.4 Å². The number of methoxy groups -OCH3 is 1. The first-order valence-corrected chi connectivity index (χ1v) is 6.55. The van der Waals surface area contributed by atoms with Gasteiger partial charge in [-0.3, -0.25) is 4.79 Å². The third-order valence-electron chi connectivity index (χ3n) is 3.72. The molecule has 0 aromatic heterocycles. The van der Waals surface area contributed by atoms with Crippen molar-refractivity contribution in [2.75, 3.05) is 19.0 Å². The van der Waals surface area contributed by atoms with E-state index in [2.05, 4.69) is 10.6 Å².